The number of halogens is 1. The Morgan fingerprint density at radius 3 is 2.84 bits per heavy atom. The van der Waals surface area contributed by atoms with Gasteiger partial charge in [-0.2, -0.15) is 0 Å². The number of hydrogen-bond donors (Lipinski definition) is 2. The molecule has 3 rings (SSSR count). The first-order valence-corrected chi connectivity index (χ1v) is 6.52. The summed E-state index contributed by atoms with van der Waals surface area (Å²) in [6, 6.07) is 11.3. The molecule has 0 aliphatic rings. The number of fused-ring (bicyclic) bond motifs is 1. The maximum absolute atomic E-state index is 12.2. The summed E-state index contributed by atoms with van der Waals surface area (Å²) in [4.78, 5) is 19.4. The highest BCUT2D eigenvalue weighted by atomic mass is 79.9. The number of nitrogens with zero attached hydrogens (tertiary/aromatic N) is 1. The first kappa shape index (κ1) is 11.9. The SMILES string of the molecule is O=C(Nc1ccc(Br)nc1)c1c[nH]c2ccccc12. The topological polar surface area (TPSA) is 57.8 Å². The number of carbonyl (C=O) groups is 1. The average Bonchev–Trinajstić information content (AvgIpc) is 2.85. The van der Waals surface area contributed by atoms with Crippen molar-refractivity contribution in [1.29, 1.82) is 0 Å². The monoisotopic (exact) mass is 315 g/mol. The Kier molecular flexibility index (Phi) is 3.05. The fourth-order valence-electron chi connectivity index (χ4n) is 1.91. The van der Waals surface area contributed by atoms with E-state index in [0.717, 1.165) is 15.5 Å². The molecule has 0 saturated carbocycles. The quantitative estimate of drug-likeness (QED) is 0.710. The molecule has 1 aromatic carbocycles. The van der Waals surface area contributed by atoms with Gasteiger partial charge in [0.25, 0.3) is 5.91 Å². The van der Waals surface area contributed by atoms with E-state index in [1.807, 2.05) is 24.3 Å². The number of aromatic nitrogens is 2. The highest BCUT2D eigenvalue weighted by Gasteiger charge is 2.11. The van der Waals surface area contributed by atoms with Gasteiger partial charge in [-0.05, 0) is 34.1 Å². The van der Waals surface area contributed by atoms with E-state index in [1.54, 1.807) is 24.5 Å². The number of rotatable bonds is 2. The number of amides is 1. The molecule has 3 aromatic rings. The second-order valence-electron chi connectivity index (χ2n) is 4.07. The number of H-pyrrole nitrogens is 1. The van der Waals surface area contributed by atoms with E-state index in [4.69, 9.17) is 0 Å². The Bertz CT molecular complexity index is 734. The van der Waals surface area contributed by atoms with Crippen LogP contribution in [0.1, 0.15) is 10.4 Å². The summed E-state index contributed by atoms with van der Waals surface area (Å²) in [6.45, 7) is 0. The van der Waals surface area contributed by atoms with Crippen molar-refractivity contribution in [2.24, 2.45) is 0 Å². The molecule has 0 spiro atoms. The summed E-state index contributed by atoms with van der Waals surface area (Å²) in [6.07, 6.45) is 3.32. The Morgan fingerprint density at radius 2 is 2.05 bits per heavy atom. The van der Waals surface area contributed by atoms with Gasteiger partial charge in [0.1, 0.15) is 4.60 Å². The zero-order valence-corrected chi connectivity index (χ0v) is 11.4. The van der Waals surface area contributed by atoms with Crippen LogP contribution >= 0.6 is 15.9 Å². The van der Waals surface area contributed by atoms with Gasteiger partial charge in [0, 0.05) is 17.1 Å². The second-order valence-corrected chi connectivity index (χ2v) is 4.88. The minimum atomic E-state index is -0.151. The van der Waals surface area contributed by atoms with Crippen molar-refractivity contribution in [3.05, 3.63) is 59.0 Å². The van der Waals surface area contributed by atoms with Crippen molar-refractivity contribution < 1.29 is 4.79 Å². The molecular weight excluding hydrogens is 306 g/mol. The molecule has 19 heavy (non-hydrogen) atoms. The number of nitrogens with one attached hydrogen (secondary N) is 2. The summed E-state index contributed by atoms with van der Waals surface area (Å²) in [5.74, 6) is -0.151. The van der Waals surface area contributed by atoms with Crippen LogP contribution in [-0.4, -0.2) is 15.9 Å². The predicted octanol–water partition coefficient (Wildman–Crippen LogP) is 3.58. The van der Waals surface area contributed by atoms with E-state index >= 15 is 0 Å². The van der Waals surface area contributed by atoms with Crippen molar-refractivity contribution in [2.75, 3.05) is 5.32 Å². The number of pyridine rings is 1. The molecule has 0 radical (unpaired) electrons. The number of carbonyl (C=O) groups excluding carboxylic acids is 1. The summed E-state index contributed by atoms with van der Waals surface area (Å²) in [5.41, 5.74) is 2.23. The molecule has 2 N–H and O–H groups in total. The zero-order valence-electron chi connectivity index (χ0n) is 9.85. The Morgan fingerprint density at radius 1 is 1.21 bits per heavy atom. The van der Waals surface area contributed by atoms with Crippen LogP contribution in [0.4, 0.5) is 5.69 Å². The molecule has 4 nitrogen and oxygen atoms in total. The number of anilines is 1. The van der Waals surface area contributed by atoms with Gasteiger partial charge in [-0.25, -0.2) is 4.98 Å². The van der Waals surface area contributed by atoms with Gasteiger partial charge in [-0.1, -0.05) is 18.2 Å². The minimum Gasteiger partial charge on any atom is -0.360 e. The third-order valence-corrected chi connectivity index (χ3v) is 3.29. The molecule has 1 amide bonds. The number of para-hydroxylation sites is 1. The number of benzene rings is 1. The largest absolute Gasteiger partial charge is 0.360 e. The predicted molar refractivity (Wildman–Crippen MR) is 78.2 cm³/mol. The molecule has 2 aromatic heterocycles. The van der Waals surface area contributed by atoms with Gasteiger partial charge < -0.3 is 10.3 Å². The maximum atomic E-state index is 12.2. The minimum absolute atomic E-state index is 0.151. The lowest BCUT2D eigenvalue weighted by atomic mass is 10.1. The average molecular weight is 316 g/mol. The molecule has 0 saturated heterocycles. The third-order valence-electron chi connectivity index (χ3n) is 2.82. The molecule has 5 heteroatoms. The van der Waals surface area contributed by atoms with Gasteiger partial charge in [-0.15, -0.1) is 0 Å². The first-order chi connectivity index (χ1) is 9.24. The Balaban J connectivity index is 1.90. The molecule has 0 aliphatic carbocycles. The summed E-state index contributed by atoms with van der Waals surface area (Å²) in [7, 11) is 0. The van der Waals surface area contributed by atoms with E-state index in [-0.39, 0.29) is 5.91 Å². The lowest BCUT2D eigenvalue weighted by Gasteiger charge is -2.03. The Labute approximate surface area is 118 Å². The third kappa shape index (κ3) is 2.37. The molecule has 2 heterocycles. The van der Waals surface area contributed by atoms with E-state index < -0.39 is 0 Å². The molecule has 94 valence electrons. The van der Waals surface area contributed by atoms with Crippen molar-refractivity contribution in [3.8, 4) is 0 Å². The van der Waals surface area contributed by atoms with Crippen LogP contribution in [0.3, 0.4) is 0 Å². The van der Waals surface area contributed by atoms with Crippen LogP contribution in [0, 0.1) is 0 Å². The summed E-state index contributed by atoms with van der Waals surface area (Å²) in [5, 5.41) is 3.73. The van der Waals surface area contributed by atoms with Crippen LogP contribution in [0.25, 0.3) is 10.9 Å². The molecule has 0 fully saturated rings. The number of aromatic amines is 1. The normalized spacial score (nSPS) is 10.6. The Hall–Kier alpha value is -2.14. The van der Waals surface area contributed by atoms with Crippen LogP contribution in [0.5, 0.6) is 0 Å². The van der Waals surface area contributed by atoms with Gasteiger partial charge in [0.15, 0.2) is 0 Å². The lowest BCUT2D eigenvalue weighted by Crippen LogP contribution is -2.11. The van der Waals surface area contributed by atoms with Crippen molar-refractivity contribution in [2.45, 2.75) is 0 Å². The molecule has 0 unspecified atom stereocenters. The second kappa shape index (κ2) is 4.85. The standard InChI is InChI=1S/C14H10BrN3O/c15-13-6-5-9(7-17-13)18-14(19)11-8-16-12-4-2-1-3-10(11)12/h1-8,16H,(H,18,19). The number of hydrogen-bond acceptors (Lipinski definition) is 2. The van der Waals surface area contributed by atoms with E-state index in [0.29, 0.717) is 11.3 Å². The zero-order chi connectivity index (χ0) is 13.2. The molecule has 0 aliphatic heterocycles. The smallest absolute Gasteiger partial charge is 0.257 e. The van der Waals surface area contributed by atoms with E-state index in [9.17, 15) is 4.79 Å². The van der Waals surface area contributed by atoms with Crippen LogP contribution in [-0.2, 0) is 0 Å². The van der Waals surface area contributed by atoms with Crippen molar-refractivity contribution in [3.63, 3.8) is 0 Å². The van der Waals surface area contributed by atoms with Gasteiger partial charge in [0.2, 0.25) is 0 Å². The van der Waals surface area contributed by atoms with E-state index in [2.05, 4.69) is 31.2 Å². The summed E-state index contributed by atoms with van der Waals surface area (Å²) < 4.78 is 0.734. The fraction of sp³-hybridized carbons (Fsp3) is 0. The highest BCUT2D eigenvalue weighted by molar-refractivity contribution is 9.10. The lowest BCUT2D eigenvalue weighted by molar-refractivity contribution is 0.102. The van der Waals surface area contributed by atoms with Crippen LogP contribution in [0.2, 0.25) is 0 Å². The van der Waals surface area contributed by atoms with E-state index in [1.165, 1.54) is 0 Å². The van der Waals surface area contributed by atoms with Gasteiger partial charge in [0.05, 0.1) is 17.4 Å². The van der Waals surface area contributed by atoms with Crippen LogP contribution < -0.4 is 5.32 Å². The molecular formula is C14H10BrN3O. The van der Waals surface area contributed by atoms with Crippen molar-refractivity contribution >= 4 is 38.4 Å². The van der Waals surface area contributed by atoms with Gasteiger partial charge >= 0.3 is 0 Å². The maximum Gasteiger partial charge on any atom is 0.257 e. The molecule has 0 bridgehead atoms. The fourth-order valence-corrected chi connectivity index (χ4v) is 2.14. The molecule has 0 atom stereocenters. The van der Waals surface area contributed by atoms with Crippen LogP contribution in [0.15, 0.2) is 53.4 Å². The first-order valence-electron chi connectivity index (χ1n) is 5.73. The van der Waals surface area contributed by atoms with Gasteiger partial charge in [-0.3, -0.25) is 4.79 Å². The highest BCUT2D eigenvalue weighted by Crippen LogP contribution is 2.19. The summed E-state index contributed by atoms with van der Waals surface area (Å²) >= 11 is 3.25. The van der Waals surface area contributed by atoms with Crippen molar-refractivity contribution in [1.82, 2.24) is 9.97 Å².